The van der Waals surface area contributed by atoms with Crippen LogP contribution in [0.15, 0.2) is 18.2 Å². The van der Waals surface area contributed by atoms with Gasteiger partial charge in [0.15, 0.2) is 0 Å². The van der Waals surface area contributed by atoms with E-state index in [4.69, 9.17) is 5.73 Å². The molecule has 4 N–H and O–H groups in total. The van der Waals surface area contributed by atoms with Crippen LogP contribution in [-0.2, 0) is 14.4 Å². The van der Waals surface area contributed by atoms with E-state index >= 15 is 0 Å². The van der Waals surface area contributed by atoms with E-state index in [0.717, 1.165) is 10.5 Å². The lowest BCUT2D eigenvalue weighted by Gasteiger charge is -2.15. The fourth-order valence-electron chi connectivity index (χ4n) is 1.52. The van der Waals surface area contributed by atoms with Crippen LogP contribution in [0.1, 0.15) is 12.0 Å². The van der Waals surface area contributed by atoms with E-state index < -0.39 is 11.8 Å². The maximum Gasteiger partial charge on any atom is 0.318 e. The van der Waals surface area contributed by atoms with Crippen LogP contribution < -0.4 is 11.1 Å². The number of carbonyl (C=O) groups is 3. The maximum atomic E-state index is 11.7. The van der Waals surface area contributed by atoms with Gasteiger partial charge in [-0.25, -0.2) is 0 Å². The molecular formula is C13H17N3O4. The van der Waals surface area contributed by atoms with Gasteiger partial charge in [-0.15, -0.1) is 0 Å². The highest BCUT2D eigenvalue weighted by molar-refractivity contribution is 6.41. The summed E-state index contributed by atoms with van der Waals surface area (Å²) in [7, 11) is 0. The summed E-state index contributed by atoms with van der Waals surface area (Å²) in [6, 6.07) is 4.58. The molecule has 0 saturated heterocycles. The molecule has 0 fully saturated rings. The summed E-state index contributed by atoms with van der Waals surface area (Å²) in [6.45, 7) is 2.15. The quantitative estimate of drug-likeness (QED) is 0.398. The van der Waals surface area contributed by atoms with Crippen molar-refractivity contribution < 1.29 is 19.5 Å². The van der Waals surface area contributed by atoms with Gasteiger partial charge in [0.2, 0.25) is 6.41 Å². The minimum Gasteiger partial charge on any atom is -0.506 e. The second kappa shape index (κ2) is 7.25. The molecule has 1 aromatic rings. The third-order valence-corrected chi connectivity index (χ3v) is 2.59. The Hall–Kier alpha value is -2.41. The summed E-state index contributed by atoms with van der Waals surface area (Å²) in [6.07, 6.45) is 0.696. The Balaban J connectivity index is 2.76. The maximum absolute atomic E-state index is 11.7. The van der Waals surface area contributed by atoms with Crippen molar-refractivity contribution in [3.05, 3.63) is 23.8 Å². The highest BCUT2D eigenvalue weighted by Crippen LogP contribution is 2.23. The van der Waals surface area contributed by atoms with Gasteiger partial charge in [0, 0.05) is 6.54 Å². The molecule has 7 nitrogen and oxygen atoms in total. The number of aryl methyl sites for hydroxylation is 1. The van der Waals surface area contributed by atoms with Crippen LogP contribution in [-0.4, -0.2) is 41.3 Å². The number of amides is 3. The first-order chi connectivity index (χ1) is 9.49. The van der Waals surface area contributed by atoms with Crippen LogP contribution in [0.4, 0.5) is 5.69 Å². The van der Waals surface area contributed by atoms with Gasteiger partial charge < -0.3 is 16.2 Å². The highest BCUT2D eigenvalue weighted by atomic mass is 16.3. The van der Waals surface area contributed by atoms with E-state index in [2.05, 4.69) is 5.32 Å². The Morgan fingerprint density at radius 1 is 1.45 bits per heavy atom. The predicted molar refractivity (Wildman–Crippen MR) is 72.9 cm³/mol. The summed E-state index contributed by atoms with van der Waals surface area (Å²) in [5.74, 6) is -2.14. The molecule has 1 rings (SSSR count). The average molecular weight is 279 g/mol. The number of nitrogens with two attached hydrogens (primary N) is 1. The molecule has 0 aliphatic carbocycles. The second-order valence-electron chi connectivity index (χ2n) is 4.22. The molecule has 0 saturated carbocycles. The molecule has 3 amide bonds. The van der Waals surface area contributed by atoms with Gasteiger partial charge in [-0.3, -0.25) is 19.3 Å². The van der Waals surface area contributed by atoms with E-state index in [9.17, 15) is 19.5 Å². The zero-order chi connectivity index (χ0) is 15.1. The van der Waals surface area contributed by atoms with Gasteiger partial charge in [-0.2, -0.15) is 0 Å². The van der Waals surface area contributed by atoms with E-state index in [0.29, 0.717) is 13.0 Å². The Kier molecular flexibility index (Phi) is 5.67. The summed E-state index contributed by atoms with van der Waals surface area (Å²) >= 11 is 0. The fourth-order valence-corrected chi connectivity index (χ4v) is 1.52. The smallest absolute Gasteiger partial charge is 0.318 e. The number of aromatic hydroxyl groups is 1. The van der Waals surface area contributed by atoms with Crippen molar-refractivity contribution in [3.8, 4) is 5.75 Å². The van der Waals surface area contributed by atoms with Crippen LogP contribution in [0.2, 0.25) is 0 Å². The van der Waals surface area contributed by atoms with Crippen LogP contribution in [0.5, 0.6) is 5.75 Å². The number of phenols is 1. The first kappa shape index (κ1) is 15.6. The fraction of sp³-hybridized carbons (Fsp3) is 0.308. The molecule has 0 spiro atoms. The third-order valence-electron chi connectivity index (χ3n) is 2.59. The van der Waals surface area contributed by atoms with Gasteiger partial charge in [-0.05, 0) is 37.6 Å². The molecule has 7 heteroatoms. The molecule has 0 radical (unpaired) electrons. The Morgan fingerprint density at radius 3 is 2.75 bits per heavy atom. The van der Waals surface area contributed by atoms with E-state index in [1.54, 1.807) is 13.0 Å². The summed E-state index contributed by atoms with van der Waals surface area (Å²) in [4.78, 5) is 35.0. The number of benzene rings is 1. The van der Waals surface area contributed by atoms with Crippen molar-refractivity contribution >= 4 is 23.9 Å². The van der Waals surface area contributed by atoms with Crippen molar-refractivity contribution in [2.75, 3.05) is 18.4 Å². The normalized spacial score (nSPS) is 9.90. The Labute approximate surface area is 116 Å². The van der Waals surface area contributed by atoms with E-state index in [1.807, 2.05) is 0 Å². The van der Waals surface area contributed by atoms with E-state index in [-0.39, 0.29) is 24.4 Å². The molecule has 0 aromatic heterocycles. The highest BCUT2D eigenvalue weighted by Gasteiger charge is 2.21. The number of phenolic OH excluding ortho intramolecular Hbond substituents is 1. The lowest BCUT2D eigenvalue weighted by Crippen LogP contribution is -2.39. The van der Waals surface area contributed by atoms with Crippen LogP contribution >= 0.6 is 0 Å². The number of hydrogen-bond donors (Lipinski definition) is 3. The van der Waals surface area contributed by atoms with Crippen molar-refractivity contribution in [1.29, 1.82) is 0 Å². The lowest BCUT2D eigenvalue weighted by atomic mass is 10.2. The zero-order valence-corrected chi connectivity index (χ0v) is 11.1. The largest absolute Gasteiger partial charge is 0.506 e. The zero-order valence-electron chi connectivity index (χ0n) is 11.1. The summed E-state index contributed by atoms with van der Waals surface area (Å²) < 4.78 is 0. The number of hydrogen-bond acceptors (Lipinski definition) is 5. The number of nitrogens with zero attached hydrogens (tertiary/aromatic N) is 1. The molecule has 0 heterocycles. The van der Waals surface area contributed by atoms with E-state index in [1.165, 1.54) is 12.1 Å². The molecule has 0 aliphatic heterocycles. The Bertz CT molecular complexity index is 516. The average Bonchev–Trinajstić information content (AvgIpc) is 2.43. The molecule has 1 aromatic carbocycles. The van der Waals surface area contributed by atoms with Gasteiger partial charge in [0.25, 0.3) is 0 Å². The second-order valence-corrected chi connectivity index (χ2v) is 4.22. The van der Waals surface area contributed by atoms with Crippen molar-refractivity contribution in [2.24, 2.45) is 5.73 Å². The molecule has 20 heavy (non-hydrogen) atoms. The summed E-state index contributed by atoms with van der Waals surface area (Å²) in [5.41, 5.74) is 6.21. The van der Waals surface area contributed by atoms with Crippen LogP contribution in [0.25, 0.3) is 0 Å². The first-order valence-electron chi connectivity index (χ1n) is 6.06. The first-order valence-corrected chi connectivity index (χ1v) is 6.06. The van der Waals surface area contributed by atoms with Gasteiger partial charge in [0.05, 0.1) is 5.69 Å². The standard InChI is InChI=1S/C13H17N3O4/c1-9-3-4-11(18)10(7-9)15-12(19)13(20)16(8-17)6-2-5-14/h3-4,7-8,18H,2,5-6,14H2,1H3,(H,15,19). The topological polar surface area (TPSA) is 113 Å². The third kappa shape index (κ3) is 4.06. The van der Waals surface area contributed by atoms with Crippen LogP contribution in [0, 0.1) is 6.92 Å². The number of carbonyl (C=O) groups excluding carboxylic acids is 3. The minimum absolute atomic E-state index is 0.0754. The molecule has 0 atom stereocenters. The molecule has 0 unspecified atom stereocenters. The van der Waals surface area contributed by atoms with Crippen molar-refractivity contribution in [3.63, 3.8) is 0 Å². The van der Waals surface area contributed by atoms with Crippen molar-refractivity contribution in [2.45, 2.75) is 13.3 Å². The van der Waals surface area contributed by atoms with Crippen molar-refractivity contribution in [1.82, 2.24) is 4.90 Å². The molecule has 0 bridgehead atoms. The van der Waals surface area contributed by atoms with Gasteiger partial charge >= 0.3 is 11.8 Å². The number of rotatable bonds is 5. The van der Waals surface area contributed by atoms with Gasteiger partial charge in [0.1, 0.15) is 5.75 Å². The Morgan fingerprint density at radius 2 is 2.15 bits per heavy atom. The molecule has 0 aliphatic rings. The lowest BCUT2D eigenvalue weighted by molar-refractivity contribution is -0.146. The molecule has 108 valence electrons. The predicted octanol–water partition coefficient (Wildman–Crippen LogP) is -0.0271. The van der Waals surface area contributed by atoms with Crippen LogP contribution in [0.3, 0.4) is 0 Å². The molecular weight excluding hydrogens is 262 g/mol. The number of anilines is 1. The monoisotopic (exact) mass is 279 g/mol. The van der Waals surface area contributed by atoms with Gasteiger partial charge in [-0.1, -0.05) is 6.07 Å². The summed E-state index contributed by atoms with van der Waals surface area (Å²) in [5, 5.41) is 11.8. The SMILES string of the molecule is Cc1ccc(O)c(NC(=O)C(=O)N(C=O)CCCN)c1. The number of imide groups is 1. The number of nitrogens with one attached hydrogen (secondary N) is 1. The minimum atomic E-state index is -0.991.